The molecular weight excluding hydrogens is 330 g/mol. The number of aliphatic hydroxyl groups excluding tert-OH is 2. The van der Waals surface area contributed by atoms with E-state index in [4.69, 9.17) is 9.47 Å². The van der Waals surface area contributed by atoms with Crippen LogP contribution in [0.4, 0.5) is 11.5 Å². The molecule has 10 nitrogen and oxygen atoms in total. The number of hydrogen-bond acceptors (Lipinski definition) is 9. The van der Waals surface area contributed by atoms with Gasteiger partial charge in [-0.15, -0.1) is 0 Å². The lowest BCUT2D eigenvalue weighted by Crippen LogP contribution is -2.44. The van der Waals surface area contributed by atoms with Gasteiger partial charge in [0.2, 0.25) is 0 Å². The molecule has 4 N–H and O–H groups in total. The number of nitrogens with zero attached hydrogens (tertiary/aromatic N) is 4. The van der Waals surface area contributed by atoms with Gasteiger partial charge in [-0.3, -0.25) is 4.99 Å². The van der Waals surface area contributed by atoms with Gasteiger partial charge in [-0.2, -0.15) is 9.97 Å². The first-order valence-corrected chi connectivity index (χ1v) is 7.87. The predicted octanol–water partition coefficient (Wildman–Crippen LogP) is -0.431. The lowest BCUT2D eigenvalue weighted by atomic mass is 9.96. The van der Waals surface area contributed by atoms with Crippen molar-refractivity contribution in [3.05, 3.63) is 6.20 Å². The molecule has 0 amide bonds. The fourth-order valence-electron chi connectivity index (χ4n) is 3.28. The third kappa shape index (κ3) is 2.29. The largest absolute Gasteiger partial charge is 0.467 e. The number of hydrogen-bond donors (Lipinski definition) is 4. The number of nitrogens with one attached hydrogen (secondary N) is 1. The zero-order valence-electron chi connectivity index (χ0n) is 13.7. The van der Waals surface area contributed by atoms with E-state index in [1.807, 2.05) is 0 Å². The number of ether oxygens (including phenoxy) is 2. The van der Waals surface area contributed by atoms with Crippen LogP contribution in [-0.2, 0) is 4.74 Å². The molecule has 25 heavy (non-hydrogen) atoms. The van der Waals surface area contributed by atoms with Crippen LogP contribution in [0.15, 0.2) is 11.2 Å². The molecule has 4 rings (SSSR count). The summed E-state index contributed by atoms with van der Waals surface area (Å²) in [7, 11) is 1.46. The zero-order chi connectivity index (χ0) is 17.8. The van der Waals surface area contributed by atoms with Crippen LogP contribution >= 0.6 is 0 Å². The maximum Gasteiger partial charge on any atom is 0.320 e. The van der Waals surface area contributed by atoms with Crippen molar-refractivity contribution >= 4 is 28.8 Å². The molecule has 2 aliphatic rings. The second kappa shape index (κ2) is 5.63. The average Bonchev–Trinajstić information content (AvgIpc) is 2.96. The minimum atomic E-state index is -1.63. The Labute approximate surface area is 142 Å². The molecule has 0 aromatic carbocycles. The molecule has 2 aromatic rings. The Morgan fingerprint density at radius 2 is 2.28 bits per heavy atom. The average molecular weight is 349 g/mol. The van der Waals surface area contributed by atoms with Gasteiger partial charge < -0.3 is 34.7 Å². The molecule has 2 aromatic heterocycles. The molecule has 2 unspecified atom stereocenters. The molecule has 1 fully saturated rings. The number of methoxy groups -OCH3 is 1. The van der Waals surface area contributed by atoms with Crippen LogP contribution in [0.25, 0.3) is 11.0 Å². The van der Waals surface area contributed by atoms with E-state index in [0.29, 0.717) is 29.1 Å². The first-order chi connectivity index (χ1) is 12.0. The van der Waals surface area contributed by atoms with Gasteiger partial charge in [0.15, 0.2) is 11.9 Å². The predicted molar refractivity (Wildman–Crippen MR) is 88.3 cm³/mol. The van der Waals surface area contributed by atoms with Crippen LogP contribution in [-0.4, -0.2) is 74.1 Å². The third-order valence-corrected chi connectivity index (χ3v) is 4.59. The minimum absolute atomic E-state index is 0.152. The minimum Gasteiger partial charge on any atom is -0.467 e. The summed E-state index contributed by atoms with van der Waals surface area (Å²) in [4.78, 5) is 13.0. The standard InChI is InChI=1S/C15H19N5O5/c1-15(23)10(22)8(6-21)25-13(15)20-5-7-9-11(17-4-3-16-7)18-14(24-2)19-12(9)20/h3,5,8,10,13,21-23H,4,6H2,1-2H3,(H,17,18,19)/t8-,10-,13?,15?/m1/s1. The van der Waals surface area contributed by atoms with Crippen LogP contribution in [0.3, 0.4) is 0 Å². The van der Waals surface area contributed by atoms with Gasteiger partial charge in [0.25, 0.3) is 0 Å². The maximum absolute atomic E-state index is 10.8. The van der Waals surface area contributed by atoms with Gasteiger partial charge in [-0.25, -0.2) is 0 Å². The van der Waals surface area contributed by atoms with Crippen LogP contribution in [0, 0.1) is 0 Å². The van der Waals surface area contributed by atoms with Gasteiger partial charge in [0.1, 0.15) is 23.6 Å². The Morgan fingerprint density at radius 3 is 2.96 bits per heavy atom. The summed E-state index contributed by atoms with van der Waals surface area (Å²) in [5.74, 6) is 0.560. The van der Waals surface area contributed by atoms with E-state index in [1.165, 1.54) is 14.0 Å². The second-order valence-electron chi connectivity index (χ2n) is 6.25. The number of aliphatic hydroxyl groups is 3. The Balaban J connectivity index is 1.93. The molecule has 10 heteroatoms. The summed E-state index contributed by atoms with van der Waals surface area (Å²) in [6.45, 7) is 1.55. The number of anilines is 1. The van der Waals surface area contributed by atoms with Crippen LogP contribution in [0.2, 0.25) is 0 Å². The van der Waals surface area contributed by atoms with E-state index in [2.05, 4.69) is 20.3 Å². The number of aromatic nitrogens is 3. The van der Waals surface area contributed by atoms with Crippen molar-refractivity contribution in [1.29, 1.82) is 0 Å². The van der Waals surface area contributed by atoms with Gasteiger partial charge in [0.05, 0.1) is 31.3 Å². The lowest BCUT2D eigenvalue weighted by Gasteiger charge is -2.27. The first kappa shape index (κ1) is 16.2. The fraction of sp³-hybridized carbons (Fsp3) is 0.533. The monoisotopic (exact) mass is 349 g/mol. The van der Waals surface area contributed by atoms with Crippen LogP contribution in [0.1, 0.15) is 13.2 Å². The third-order valence-electron chi connectivity index (χ3n) is 4.59. The van der Waals surface area contributed by atoms with Crippen LogP contribution in [0.5, 0.6) is 6.01 Å². The fourth-order valence-corrected chi connectivity index (χ4v) is 3.28. The maximum atomic E-state index is 10.8. The van der Waals surface area contributed by atoms with E-state index < -0.39 is 30.6 Å². The molecule has 0 aliphatic carbocycles. The van der Waals surface area contributed by atoms with Gasteiger partial charge in [-0.05, 0) is 6.92 Å². The molecule has 4 atom stereocenters. The number of aliphatic imine (C=N–C) groups is 1. The Hall–Kier alpha value is -2.27. The van der Waals surface area contributed by atoms with E-state index in [0.717, 1.165) is 0 Å². The zero-order valence-corrected chi connectivity index (χ0v) is 13.7. The van der Waals surface area contributed by atoms with Crippen molar-refractivity contribution in [3.63, 3.8) is 0 Å². The van der Waals surface area contributed by atoms with Crippen molar-refractivity contribution < 1.29 is 24.8 Å². The SMILES string of the molecule is COc1nc2c3c(cn(C4O[C@H](CO)[C@@H](O)C4(C)O)c3n1)N=CCN2. The molecule has 0 spiro atoms. The summed E-state index contributed by atoms with van der Waals surface area (Å²) < 4.78 is 12.4. The van der Waals surface area contributed by atoms with Crippen molar-refractivity contribution in [2.24, 2.45) is 4.99 Å². The molecule has 2 aliphatic heterocycles. The van der Waals surface area contributed by atoms with E-state index >= 15 is 0 Å². The van der Waals surface area contributed by atoms with Crippen molar-refractivity contribution in [3.8, 4) is 6.01 Å². The molecule has 0 radical (unpaired) electrons. The highest BCUT2D eigenvalue weighted by Crippen LogP contribution is 2.43. The van der Waals surface area contributed by atoms with Gasteiger partial charge in [-0.1, -0.05) is 0 Å². The normalized spacial score (nSPS) is 31.2. The summed E-state index contributed by atoms with van der Waals surface area (Å²) in [5, 5.41) is 34.2. The molecule has 0 bridgehead atoms. The smallest absolute Gasteiger partial charge is 0.320 e. The first-order valence-electron chi connectivity index (χ1n) is 7.87. The van der Waals surface area contributed by atoms with E-state index in [-0.39, 0.29) is 6.01 Å². The quantitative estimate of drug-likeness (QED) is 0.586. The summed E-state index contributed by atoms with van der Waals surface area (Å²) in [6.07, 6.45) is 0.265. The molecule has 0 saturated carbocycles. The summed E-state index contributed by atoms with van der Waals surface area (Å²) in [6, 6.07) is 0.152. The van der Waals surface area contributed by atoms with Crippen molar-refractivity contribution in [2.75, 3.05) is 25.6 Å². The molecule has 4 heterocycles. The van der Waals surface area contributed by atoms with Gasteiger partial charge in [0, 0.05) is 12.4 Å². The highest BCUT2D eigenvalue weighted by Gasteiger charge is 2.53. The topological polar surface area (TPSA) is 134 Å². The highest BCUT2D eigenvalue weighted by molar-refractivity contribution is 6.01. The summed E-state index contributed by atoms with van der Waals surface area (Å²) in [5.41, 5.74) is -0.575. The van der Waals surface area contributed by atoms with E-state index in [9.17, 15) is 15.3 Å². The molecular formula is C15H19N5O5. The van der Waals surface area contributed by atoms with E-state index in [1.54, 1.807) is 17.0 Å². The Kier molecular flexibility index (Phi) is 3.65. The molecule has 134 valence electrons. The lowest BCUT2D eigenvalue weighted by molar-refractivity contribution is -0.0948. The molecule has 1 saturated heterocycles. The Morgan fingerprint density at radius 1 is 1.48 bits per heavy atom. The summed E-state index contributed by atoms with van der Waals surface area (Å²) >= 11 is 0. The highest BCUT2D eigenvalue weighted by atomic mass is 16.6. The van der Waals surface area contributed by atoms with Gasteiger partial charge >= 0.3 is 6.01 Å². The van der Waals surface area contributed by atoms with Crippen LogP contribution < -0.4 is 10.1 Å². The Bertz CT molecular complexity index is 848. The number of rotatable bonds is 3. The van der Waals surface area contributed by atoms with Crippen molar-refractivity contribution in [1.82, 2.24) is 14.5 Å². The van der Waals surface area contributed by atoms with Crippen molar-refractivity contribution in [2.45, 2.75) is 31.0 Å². The second-order valence-corrected chi connectivity index (χ2v) is 6.25.